The number of morpholine rings is 1. The van der Waals surface area contributed by atoms with Crippen molar-refractivity contribution in [3.05, 3.63) is 35.0 Å². The third-order valence-corrected chi connectivity index (χ3v) is 6.12. The van der Waals surface area contributed by atoms with Crippen LogP contribution in [-0.4, -0.2) is 60.9 Å². The van der Waals surface area contributed by atoms with Gasteiger partial charge in [-0.15, -0.1) is 11.3 Å². The van der Waals surface area contributed by atoms with Gasteiger partial charge < -0.3 is 14.8 Å². The van der Waals surface area contributed by atoms with E-state index in [0.717, 1.165) is 67.0 Å². The van der Waals surface area contributed by atoms with Crippen molar-refractivity contribution in [2.45, 2.75) is 20.8 Å². The zero-order valence-electron chi connectivity index (χ0n) is 17.3. The smallest absolute Gasteiger partial charge is 0.139 e. The Morgan fingerprint density at radius 2 is 1.90 bits per heavy atom. The molecule has 1 N–H and O–H groups in total. The van der Waals surface area contributed by atoms with E-state index in [0.29, 0.717) is 6.61 Å². The van der Waals surface area contributed by atoms with Crippen molar-refractivity contribution in [3.63, 3.8) is 0 Å². The van der Waals surface area contributed by atoms with Crippen LogP contribution in [0.15, 0.2) is 24.3 Å². The number of fused-ring (bicyclic) bond motifs is 1. The molecule has 0 spiro atoms. The van der Waals surface area contributed by atoms with Crippen LogP contribution in [0.1, 0.15) is 17.6 Å². The molecule has 7 heteroatoms. The molecule has 3 heterocycles. The first-order valence-corrected chi connectivity index (χ1v) is 11.0. The van der Waals surface area contributed by atoms with Gasteiger partial charge in [0.25, 0.3) is 0 Å². The number of nitrogens with zero attached hydrogens (tertiary/aromatic N) is 3. The van der Waals surface area contributed by atoms with E-state index >= 15 is 0 Å². The molecule has 1 aliphatic heterocycles. The van der Waals surface area contributed by atoms with Crippen LogP contribution >= 0.6 is 11.3 Å². The van der Waals surface area contributed by atoms with Gasteiger partial charge in [-0.3, -0.25) is 4.90 Å². The number of benzene rings is 1. The first kappa shape index (κ1) is 20.1. The summed E-state index contributed by atoms with van der Waals surface area (Å²) < 4.78 is 11.0. The molecule has 2 aromatic heterocycles. The van der Waals surface area contributed by atoms with Crippen molar-refractivity contribution in [2.24, 2.45) is 0 Å². The van der Waals surface area contributed by atoms with Gasteiger partial charge in [0.05, 0.1) is 25.2 Å². The van der Waals surface area contributed by atoms with Crippen molar-refractivity contribution in [3.8, 4) is 16.9 Å². The molecule has 3 aromatic rings. The molecule has 0 bridgehead atoms. The van der Waals surface area contributed by atoms with E-state index in [9.17, 15) is 0 Å². The zero-order valence-corrected chi connectivity index (χ0v) is 18.1. The summed E-state index contributed by atoms with van der Waals surface area (Å²) in [5.41, 5.74) is 2.38. The van der Waals surface area contributed by atoms with E-state index in [2.05, 4.69) is 29.3 Å². The highest BCUT2D eigenvalue weighted by Gasteiger charge is 2.18. The summed E-state index contributed by atoms with van der Waals surface area (Å²) >= 11 is 1.73. The second-order valence-corrected chi connectivity index (χ2v) is 8.37. The lowest BCUT2D eigenvalue weighted by molar-refractivity contribution is 0.0398. The van der Waals surface area contributed by atoms with Crippen molar-refractivity contribution in [2.75, 3.05) is 51.3 Å². The molecule has 1 aromatic carbocycles. The minimum absolute atomic E-state index is 0.671. The molecular formula is C22H28N4O2S. The monoisotopic (exact) mass is 412 g/mol. The SMILES string of the molecule is CCOc1ccc(-c2c(C)sc3nc(C)nc(NCCN4CCOCC4)c23)cc1. The predicted octanol–water partition coefficient (Wildman–Crippen LogP) is 4.12. The topological polar surface area (TPSA) is 59.5 Å². The van der Waals surface area contributed by atoms with E-state index < -0.39 is 0 Å². The highest BCUT2D eigenvalue weighted by Crippen LogP contribution is 2.41. The lowest BCUT2D eigenvalue weighted by atomic mass is 10.0. The molecule has 0 unspecified atom stereocenters. The number of aryl methyl sites for hydroxylation is 2. The molecule has 1 fully saturated rings. The van der Waals surface area contributed by atoms with Crippen LogP contribution in [0, 0.1) is 13.8 Å². The maximum atomic E-state index is 5.60. The minimum atomic E-state index is 0.671. The molecule has 1 saturated heterocycles. The van der Waals surface area contributed by atoms with E-state index in [1.54, 1.807) is 11.3 Å². The Labute approximate surface area is 175 Å². The third-order valence-electron chi connectivity index (χ3n) is 5.12. The fraction of sp³-hybridized carbons (Fsp3) is 0.455. The minimum Gasteiger partial charge on any atom is -0.494 e. The Balaban J connectivity index is 1.63. The summed E-state index contributed by atoms with van der Waals surface area (Å²) in [5.74, 6) is 2.62. The average Bonchev–Trinajstić information content (AvgIpc) is 3.05. The lowest BCUT2D eigenvalue weighted by Crippen LogP contribution is -2.39. The number of aromatic nitrogens is 2. The second kappa shape index (κ2) is 9.07. The summed E-state index contributed by atoms with van der Waals surface area (Å²) in [6.45, 7) is 12.2. The van der Waals surface area contributed by atoms with E-state index in [-0.39, 0.29) is 0 Å². The van der Waals surface area contributed by atoms with Crippen LogP contribution in [0.4, 0.5) is 5.82 Å². The van der Waals surface area contributed by atoms with E-state index in [4.69, 9.17) is 19.4 Å². The van der Waals surface area contributed by atoms with Gasteiger partial charge in [-0.2, -0.15) is 0 Å². The zero-order chi connectivity index (χ0) is 20.2. The summed E-state index contributed by atoms with van der Waals surface area (Å²) in [4.78, 5) is 14.2. The normalized spacial score (nSPS) is 15.0. The molecule has 29 heavy (non-hydrogen) atoms. The molecular weight excluding hydrogens is 384 g/mol. The van der Waals surface area contributed by atoms with Crippen LogP contribution in [-0.2, 0) is 4.74 Å². The van der Waals surface area contributed by atoms with Crippen molar-refractivity contribution in [1.82, 2.24) is 14.9 Å². The maximum Gasteiger partial charge on any atom is 0.139 e. The van der Waals surface area contributed by atoms with Crippen LogP contribution in [0.2, 0.25) is 0 Å². The molecule has 4 rings (SSSR count). The highest BCUT2D eigenvalue weighted by atomic mass is 32.1. The third kappa shape index (κ3) is 4.52. The molecule has 0 atom stereocenters. The highest BCUT2D eigenvalue weighted by molar-refractivity contribution is 7.19. The van der Waals surface area contributed by atoms with Crippen molar-refractivity contribution in [1.29, 1.82) is 0 Å². The van der Waals surface area contributed by atoms with Gasteiger partial charge in [0.1, 0.15) is 22.2 Å². The predicted molar refractivity (Wildman–Crippen MR) is 119 cm³/mol. The Hall–Kier alpha value is -2.22. The van der Waals surface area contributed by atoms with Crippen LogP contribution in [0.5, 0.6) is 5.75 Å². The van der Waals surface area contributed by atoms with Crippen molar-refractivity contribution >= 4 is 27.4 Å². The molecule has 0 saturated carbocycles. The largest absolute Gasteiger partial charge is 0.494 e. The van der Waals surface area contributed by atoms with Gasteiger partial charge in [-0.25, -0.2) is 9.97 Å². The quantitative estimate of drug-likeness (QED) is 0.630. The number of rotatable bonds is 7. The number of hydrogen-bond donors (Lipinski definition) is 1. The summed E-state index contributed by atoms with van der Waals surface area (Å²) in [6, 6.07) is 8.30. The fourth-order valence-electron chi connectivity index (χ4n) is 3.74. The number of ether oxygens (including phenoxy) is 2. The second-order valence-electron chi connectivity index (χ2n) is 7.17. The maximum absolute atomic E-state index is 5.60. The Kier molecular flexibility index (Phi) is 6.28. The first-order valence-electron chi connectivity index (χ1n) is 10.2. The standard InChI is InChI=1S/C22H28N4O2S/c1-4-28-18-7-5-17(6-8-18)19-15(2)29-22-20(19)21(24-16(3)25-22)23-9-10-26-11-13-27-14-12-26/h5-8H,4,9-14H2,1-3H3,(H,23,24,25). The Morgan fingerprint density at radius 1 is 1.14 bits per heavy atom. The number of thiophene rings is 1. The summed E-state index contributed by atoms with van der Waals surface area (Å²) in [5, 5.41) is 4.69. The Morgan fingerprint density at radius 3 is 2.62 bits per heavy atom. The molecule has 154 valence electrons. The van der Waals surface area contributed by atoms with E-state index in [1.807, 2.05) is 26.0 Å². The summed E-state index contributed by atoms with van der Waals surface area (Å²) in [6.07, 6.45) is 0. The van der Waals surface area contributed by atoms with Crippen LogP contribution in [0.25, 0.3) is 21.3 Å². The van der Waals surface area contributed by atoms with Crippen molar-refractivity contribution < 1.29 is 9.47 Å². The summed E-state index contributed by atoms with van der Waals surface area (Å²) in [7, 11) is 0. The number of nitrogens with one attached hydrogen (secondary N) is 1. The van der Waals surface area contributed by atoms with Gasteiger partial charge in [0.15, 0.2) is 0 Å². The van der Waals surface area contributed by atoms with Gasteiger partial charge >= 0.3 is 0 Å². The van der Waals surface area contributed by atoms with Gasteiger partial charge in [-0.1, -0.05) is 12.1 Å². The van der Waals surface area contributed by atoms with Crippen LogP contribution in [0.3, 0.4) is 0 Å². The fourth-order valence-corrected chi connectivity index (χ4v) is 4.83. The van der Waals surface area contributed by atoms with Crippen LogP contribution < -0.4 is 10.1 Å². The molecule has 6 nitrogen and oxygen atoms in total. The molecule has 0 radical (unpaired) electrons. The number of anilines is 1. The first-order chi connectivity index (χ1) is 14.2. The lowest BCUT2D eigenvalue weighted by Gasteiger charge is -2.26. The van der Waals surface area contributed by atoms with Gasteiger partial charge in [0.2, 0.25) is 0 Å². The molecule has 1 aliphatic rings. The Bertz CT molecular complexity index is 965. The number of hydrogen-bond acceptors (Lipinski definition) is 7. The molecule has 0 amide bonds. The average molecular weight is 413 g/mol. The molecule has 0 aliphatic carbocycles. The van der Waals surface area contributed by atoms with Gasteiger partial charge in [0, 0.05) is 36.6 Å². The van der Waals surface area contributed by atoms with Gasteiger partial charge in [-0.05, 0) is 38.5 Å². The van der Waals surface area contributed by atoms with E-state index in [1.165, 1.54) is 16.0 Å².